The highest BCUT2D eigenvalue weighted by Gasteiger charge is 2.30. The Bertz CT molecular complexity index is 1790. The third kappa shape index (κ3) is 66.7. The molecule has 0 aromatic carbocycles. The summed E-state index contributed by atoms with van der Waals surface area (Å²) in [6.45, 7) is 9.57. The van der Waals surface area contributed by atoms with Gasteiger partial charge in [0.25, 0.3) is 0 Å². The van der Waals surface area contributed by atoms with Crippen LogP contribution in [0.2, 0.25) is 0 Å². The summed E-state index contributed by atoms with van der Waals surface area (Å²) in [6, 6.07) is 0. The van der Waals surface area contributed by atoms with Crippen molar-refractivity contribution in [1.82, 2.24) is 0 Å². The largest absolute Gasteiger partial charge is 0.472 e. The zero-order valence-corrected chi connectivity index (χ0v) is 61.6. The second kappa shape index (κ2) is 65.0. The van der Waals surface area contributed by atoms with Crippen LogP contribution >= 0.6 is 15.6 Å². The highest BCUT2D eigenvalue weighted by atomic mass is 31.2. The second-order valence-electron chi connectivity index (χ2n) is 27.3. The summed E-state index contributed by atoms with van der Waals surface area (Å²) in [6.07, 6.45) is 51.4. The summed E-state index contributed by atoms with van der Waals surface area (Å²) in [5.41, 5.74) is 0. The van der Waals surface area contributed by atoms with Gasteiger partial charge >= 0.3 is 39.5 Å². The summed E-state index contributed by atoms with van der Waals surface area (Å²) >= 11 is 0. The minimum atomic E-state index is -4.95. The first-order valence-electron chi connectivity index (χ1n) is 38.0. The van der Waals surface area contributed by atoms with Gasteiger partial charge in [0.05, 0.1) is 26.4 Å². The van der Waals surface area contributed by atoms with E-state index in [4.69, 9.17) is 37.0 Å². The number of hydrogen-bond donors (Lipinski definition) is 3. The molecule has 0 aliphatic carbocycles. The van der Waals surface area contributed by atoms with E-state index in [9.17, 15) is 43.2 Å². The third-order valence-corrected chi connectivity index (χ3v) is 18.9. The molecule has 0 aliphatic heterocycles. The fourth-order valence-electron chi connectivity index (χ4n) is 11.1. The van der Waals surface area contributed by atoms with Crippen molar-refractivity contribution in [3.05, 3.63) is 0 Å². The molecule has 0 spiro atoms. The number of phosphoric acid groups is 2. The van der Waals surface area contributed by atoms with E-state index in [0.717, 1.165) is 115 Å². The lowest BCUT2D eigenvalue weighted by Gasteiger charge is -2.21. The molecule has 0 aliphatic rings. The Morgan fingerprint density at radius 3 is 0.739 bits per heavy atom. The van der Waals surface area contributed by atoms with Gasteiger partial charge < -0.3 is 33.8 Å². The van der Waals surface area contributed by atoms with Gasteiger partial charge in [0.1, 0.15) is 19.3 Å². The first-order valence-corrected chi connectivity index (χ1v) is 41.0. The normalized spacial score (nSPS) is 14.1. The number of aliphatic hydroxyl groups excluding tert-OH is 1. The van der Waals surface area contributed by atoms with Crippen LogP contribution < -0.4 is 0 Å². The quantitative estimate of drug-likeness (QED) is 0.0222. The van der Waals surface area contributed by atoms with Crippen LogP contribution in [0.25, 0.3) is 0 Å². The monoisotopic (exact) mass is 1350 g/mol. The number of ether oxygens (including phenoxy) is 4. The predicted octanol–water partition coefficient (Wildman–Crippen LogP) is 21.2. The fraction of sp³-hybridized carbons (Fsp3) is 0.945. The van der Waals surface area contributed by atoms with E-state index in [-0.39, 0.29) is 25.7 Å². The number of aliphatic hydroxyl groups is 1. The van der Waals surface area contributed by atoms with Gasteiger partial charge in [-0.25, -0.2) is 9.13 Å². The smallest absolute Gasteiger partial charge is 0.462 e. The van der Waals surface area contributed by atoms with E-state index < -0.39 is 97.5 Å². The zero-order valence-electron chi connectivity index (χ0n) is 59.9. The molecule has 0 saturated heterocycles. The van der Waals surface area contributed by atoms with E-state index in [1.807, 2.05) is 0 Å². The van der Waals surface area contributed by atoms with Gasteiger partial charge in [-0.2, -0.15) is 0 Å². The number of hydrogen-bond acceptors (Lipinski definition) is 15. The molecule has 92 heavy (non-hydrogen) atoms. The van der Waals surface area contributed by atoms with E-state index in [0.29, 0.717) is 25.7 Å². The van der Waals surface area contributed by atoms with Crippen LogP contribution in [0.3, 0.4) is 0 Å². The van der Waals surface area contributed by atoms with Crippen LogP contribution in [-0.2, 0) is 65.4 Å². The molecule has 0 heterocycles. The molecule has 0 aromatic rings. The van der Waals surface area contributed by atoms with Crippen molar-refractivity contribution in [2.75, 3.05) is 39.6 Å². The Kier molecular flexibility index (Phi) is 63.7. The topological polar surface area (TPSA) is 237 Å². The number of rotatable bonds is 72. The van der Waals surface area contributed by atoms with Crippen molar-refractivity contribution in [3.8, 4) is 0 Å². The highest BCUT2D eigenvalue weighted by Crippen LogP contribution is 2.45. The Morgan fingerprint density at radius 2 is 0.500 bits per heavy atom. The van der Waals surface area contributed by atoms with E-state index >= 15 is 0 Å². The van der Waals surface area contributed by atoms with Gasteiger partial charge in [-0.1, -0.05) is 324 Å². The van der Waals surface area contributed by atoms with Crippen LogP contribution in [0, 0.1) is 11.8 Å². The minimum absolute atomic E-state index is 0.107. The molecule has 17 nitrogen and oxygen atoms in total. The van der Waals surface area contributed by atoms with Gasteiger partial charge in [0.15, 0.2) is 12.2 Å². The predicted molar refractivity (Wildman–Crippen MR) is 372 cm³/mol. The molecule has 0 bridgehead atoms. The molecule has 19 heteroatoms. The molecule has 0 rings (SSSR count). The Labute approximate surface area is 562 Å². The lowest BCUT2D eigenvalue weighted by Crippen LogP contribution is -2.30. The van der Waals surface area contributed by atoms with Gasteiger partial charge in [-0.3, -0.25) is 37.3 Å². The first kappa shape index (κ1) is 90.1. The molecule has 5 atom stereocenters. The SMILES string of the molecule is CCCCCCCCCCCCCCCCC(=O)O[C@H](COC(=O)CCCCCCCCC)COP(=O)(O)OC[C@H](O)COP(=O)(O)OC[C@@H](COC(=O)CCCCCCCCCCCCCC(C)C)OC(=O)CCCCCCCCCCCCCCCCC(C)C. The van der Waals surface area contributed by atoms with Gasteiger partial charge in [-0.15, -0.1) is 0 Å². The summed E-state index contributed by atoms with van der Waals surface area (Å²) < 4.78 is 68.3. The lowest BCUT2D eigenvalue weighted by atomic mass is 10.0. The standard InChI is InChI=1S/C73H142O17P2/c1-7-9-11-13-15-16-17-18-22-27-33-39-45-51-57-72(77)89-68(61-83-70(75)55-49-43-35-14-12-10-8-2)63-87-91(79,80)85-59-67(74)60-86-92(81,82)88-64-69(62-84-71(76)56-50-44-38-32-29-24-26-31-37-42-48-54-66(5)6)90-73(78)58-52-46-40-34-28-23-20-19-21-25-30-36-41-47-53-65(3)4/h65-69,74H,7-64H2,1-6H3,(H,79,80)(H,81,82)/t67-,68+,69+/m0/s1. The molecule has 3 N–H and O–H groups in total. The van der Waals surface area contributed by atoms with Crippen LogP contribution in [0.5, 0.6) is 0 Å². The minimum Gasteiger partial charge on any atom is -0.462 e. The number of carbonyl (C=O) groups excluding carboxylic acids is 4. The Hall–Kier alpha value is -1.94. The molecule has 546 valence electrons. The fourth-order valence-corrected chi connectivity index (χ4v) is 12.7. The van der Waals surface area contributed by atoms with Crippen molar-refractivity contribution >= 4 is 39.5 Å². The van der Waals surface area contributed by atoms with Crippen molar-refractivity contribution in [3.63, 3.8) is 0 Å². The summed E-state index contributed by atoms with van der Waals surface area (Å²) in [5, 5.41) is 10.6. The van der Waals surface area contributed by atoms with Crippen LogP contribution in [0.1, 0.15) is 375 Å². The second-order valence-corrected chi connectivity index (χ2v) is 30.2. The van der Waals surface area contributed by atoms with Crippen LogP contribution in [0.4, 0.5) is 0 Å². The molecule has 0 amide bonds. The molecular weight excluding hydrogens is 1210 g/mol. The maximum Gasteiger partial charge on any atom is 0.472 e. The molecular formula is C73H142O17P2. The van der Waals surface area contributed by atoms with E-state index in [2.05, 4.69) is 41.5 Å². The molecule has 0 aromatic heterocycles. The maximum atomic E-state index is 13.0. The van der Waals surface area contributed by atoms with Crippen LogP contribution in [-0.4, -0.2) is 96.7 Å². The van der Waals surface area contributed by atoms with Crippen molar-refractivity contribution in [1.29, 1.82) is 0 Å². The zero-order chi connectivity index (χ0) is 67.9. The van der Waals surface area contributed by atoms with Gasteiger partial charge in [-0.05, 0) is 37.5 Å². The van der Waals surface area contributed by atoms with Crippen molar-refractivity contribution in [2.24, 2.45) is 11.8 Å². The van der Waals surface area contributed by atoms with Crippen molar-refractivity contribution in [2.45, 2.75) is 394 Å². The third-order valence-electron chi connectivity index (χ3n) is 17.0. The van der Waals surface area contributed by atoms with Gasteiger partial charge in [0, 0.05) is 25.7 Å². The molecule has 0 saturated carbocycles. The molecule has 0 radical (unpaired) electrons. The number of phosphoric ester groups is 2. The maximum absolute atomic E-state index is 13.0. The number of carbonyl (C=O) groups is 4. The average molecular weight is 1350 g/mol. The van der Waals surface area contributed by atoms with Crippen LogP contribution in [0.15, 0.2) is 0 Å². The Morgan fingerprint density at radius 1 is 0.293 bits per heavy atom. The van der Waals surface area contributed by atoms with E-state index in [1.165, 1.54) is 180 Å². The summed E-state index contributed by atoms with van der Waals surface area (Å²) in [7, 11) is -9.90. The average Bonchev–Trinajstić information content (AvgIpc) is 3.58. The summed E-state index contributed by atoms with van der Waals surface area (Å²) in [4.78, 5) is 72.6. The molecule has 2 unspecified atom stereocenters. The first-order chi connectivity index (χ1) is 44.4. The number of esters is 4. The number of unbranched alkanes of at least 4 members (excludes halogenated alkanes) is 42. The molecule has 0 fully saturated rings. The van der Waals surface area contributed by atoms with Gasteiger partial charge in [0.2, 0.25) is 0 Å². The summed E-state index contributed by atoms with van der Waals surface area (Å²) in [5.74, 6) is -0.556. The Balaban J connectivity index is 5.20. The lowest BCUT2D eigenvalue weighted by molar-refractivity contribution is -0.161. The van der Waals surface area contributed by atoms with E-state index in [1.54, 1.807) is 0 Å². The highest BCUT2D eigenvalue weighted by molar-refractivity contribution is 7.47. The van der Waals surface area contributed by atoms with Crippen molar-refractivity contribution < 1.29 is 80.2 Å².